The zero-order valence-electron chi connectivity index (χ0n) is 12.3. The Morgan fingerprint density at radius 3 is 3.00 bits per heavy atom. The highest BCUT2D eigenvalue weighted by atomic mass is 32.2. The standard InChI is InChI=1S/C14H15N5OS2/c1-8-17-18-14(19(8)2)21-7-12(20)16-13-10(6-15)9-4-3-5-11(9)22-13/h3-5,7H2,1-2H3,(H,16,20). The molecular weight excluding hydrogens is 318 g/mol. The van der Waals surface area contributed by atoms with Crippen LogP contribution in [0.5, 0.6) is 0 Å². The smallest absolute Gasteiger partial charge is 0.235 e. The third kappa shape index (κ3) is 2.74. The second kappa shape index (κ2) is 6.10. The van der Waals surface area contributed by atoms with Gasteiger partial charge >= 0.3 is 0 Å². The highest BCUT2D eigenvalue weighted by Crippen LogP contribution is 2.38. The molecule has 8 heteroatoms. The maximum absolute atomic E-state index is 12.1. The van der Waals surface area contributed by atoms with Crippen LogP contribution in [0.2, 0.25) is 0 Å². The number of amides is 1. The fourth-order valence-electron chi connectivity index (χ4n) is 2.42. The largest absolute Gasteiger partial charge is 0.316 e. The van der Waals surface area contributed by atoms with Crippen molar-refractivity contribution in [2.45, 2.75) is 31.3 Å². The molecule has 0 spiro atoms. The Bertz CT molecular complexity index is 771. The van der Waals surface area contributed by atoms with E-state index in [-0.39, 0.29) is 11.7 Å². The second-order valence-corrected chi connectivity index (χ2v) is 7.15. The van der Waals surface area contributed by atoms with Gasteiger partial charge in [0.05, 0.1) is 11.3 Å². The topological polar surface area (TPSA) is 83.6 Å². The van der Waals surface area contributed by atoms with Crippen LogP contribution in [0.25, 0.3) is 0 Å². The molecule has 2 aromatic rings. The predicted molar refractivity (Wildman–Crippen MR) is 86.2 cm³/mol. The predicted octanol–water partition coefficient (Wildman–Crippen LogP) is 2.28. The molecule has 0 aliphatic heterocycles. The zero-order valence-corrected chi connectivity index (χ0v) is 14.0. The minimum atomic E-state index is -0.123. The molecule has 0 bridgehead atoms. The lowest BCUT2D eigenvalue weighted by Crippen LogP contribution is -2.14. The first-order valence-electron chi connectivity index (χ1n) is 6.93. The molecule has 3 rings (SSSR count). The van der Waals surface area contributed by atoms with Gasteiger partial charge in [-0.3, -0.25) is 4.79 Å². The molecule has 2 aromatic heterocycles. The van der Waals surface area contributed by atoms with Crippen molar-refractivity contribution in [1.29, 1.82) is 5.26 Å². The van der Waals surface area contributed by atoms with Crippen LogP contribution in [0.3, 0.4) is 0 Å². The van der Waals surface area contributed by atoms with Crippen LogP contribution >= 0.6 is 23.1 Å². The number of fused-ring (bicyclic) bond motifs is 1. The molecule has 1 aliphatic carbocycles. The SMILES string of the molecule is Cc1nnc(SCC(=O)Nc2sc3c(c2C#N)CCC3)n1C. The molecule has 1 aliphatic rings. The van der Waals surface area contributed by atoms with Crippen LogP contribution in [0, 0.1) is 18.3 Å². The number of carbonyl (C=O) groups is 1. The highest BCUT2D eigenvalue weighted by Gasteiger charge is 2.23. The Morgan fingerprint density at radius 1 is 1.50 bits per heavy atom. The Labute approximate surface area is 136 Å². The molecule has 0 saturated carbocycles. The molecule has 1 amide bonds. The summed E-state index contributed by atoms with van der Waals surface area (Å²) in [5, 5.41) is 21.5. The molecular formula is C14H15N5OS2. The number of rotatable bonds is 4. The van der Waals surface area contributed by atoms with E-state index in [1.54, 1.807) is 0 Å². The molecule has 2 heterocycles. The summed E-state index contributed by atoms with van der Waals surface area (Å²) in [5.41, 5.74) is 1.77. The Morgan fingerprint density at radius 2 is 2.32 bits per heavy atom. The van der Waals surface area contributed by atoms with Gasteiger partial charge < -0.3 is 9.88 Å². The van der Waals surface area contributed by atoms with Gasteiger partial charge in [0, 0.05) is 11.9 Å². The van der Waals surface area contributed by atoms with Crippen molar-refractivity contribution in [1.82, 2.24) is 14.8 Å². The van der Waals surface area contributed by atoms with Gasteiger partial charge in [-0.2, -0.15) is 5.26 Å². The molecule has 114 valence electrons. The molecule has 0 saturated heterocycles. The number of nitrogens with zero attached hydrogens (tertiary/aromatic N) is 4. The third-order valence-electron chi connectivity index (χ3n) is 3.67. The number of aromatic nitrogens is 3. The maximum atomic E-state index is 12.1. The number of aryl methyl sites for hydroxylation is 2. The van der Waals surface area contributed by atoms with Crippen LogP contribution in [-0.2, 0) is 24.7 Å². The molecule has 0 unspecified atom stereocenters. The summed E-state index contributed by atoms with van der Waals surface area (Å²) in [5.74, 6) is 0.936. The van der Waals surface area contributed by atoms with Gasteiger partial charge in [-0.25, -0.2) is 0 Å². The van der Waals surface area contributed by atoms with Gasteiger partial charge in [0.2, 0.25) is 5.91 Å². The first-order valence-corrected chi connectivity index (χ1v) is 8.73. The van der Waals surface area contributed by atoms with E-state index in [9.17, 15) is 10.1 Å². The summed E-state index contributed by atoms with van der Waals surface area (Å²) in [6.07, 6.45) is 3.06. The zero-order chi connectivity index (χ0) is 15.7. The fraction of sp³-hybridized carbons (Fsp3) is 0.429. The summed E-state index contributed by atoms with van der Waals surface area (Å²) in [6, 6.07) is 2.23. The second-order valence-electron chi connectivity index (χ2n) is 5.10. The van der Waals surface area contributed by atoms with Gasteiger partial charge in [-0.05, 0) is 31.7 Å². The monoisotopic (exact) mass is 333 g/mol. The Balaban J connectivity index is 1.65. The van der Waals surface area contributed by atoms with Crippen molar-refractivity contribution in [2.75, 3.05) is 11.1 Å². The van der Waals surface area contributed by atoms with E-state index in [1.807, 2.05) is 18.5 Å². The summed E-state index contributed by atoms with van der Waals surface area (Å²) < 4.78 is 1.85. The van der Waals surface area contributed by atoms with Crippen LogP contribution in [-0.4, -0.2) is 26.4 Å². The van der Waals surface area contributed by atoms with Crippen LogP contribution in [0.1, 0.15) is 28.2 Å². The van der Waals surface area contributed by atoms with Crippen molar-refractivity contribution in [3.05, 3.63) is 21.8 Å². The van der Waals surface area contributed by atoms with E-state index >= 15 is 0 Å². The lowest BCUT2D eigenvalue weighted by Gasteiger charge is -2.04. The molecule has 0 aromatic carbocycles. The van der Waals surface area contributed by atoms with Crippen molar-refractivity contribution < 1.29 is 4.79 Å². The number of carbonyl (C=O) groups excluding carboxylic acids is 1. The van der Waals surface area contributed by atoms with Gasteiger partial charge in [-0.1, -0.05) is 11.8 Å². The van der Waals surface area contributed by atoms with Crippen molar-refractivity contribution in [3.8, 4) is 6.07 Å². The number of nitrogens with one attached hydrogen (secondary N) is 1. The van der Waals surface area contributed by atoms with E-state index < -0.39 is 0 Å². The number of hydrogen-bond donors (Lipinski definition) is 1. The molecule has 22 heavy (non-hydrogen) atoms. The Kier molecular flexibility index (Phi) is 4.18. The lowest BCUT2D eigenvalue weighted by atomic mass is 10.1. The first-order chi connectivity index (χ1) is 10.6. The lowest BCUT2D eigenvalue weighted by molar-refractivity contribution is -0.113. The van der Waals surface area contributed by atoms with Gasteiger partial charge in [-0.15, -0.1) is 21.5 Å². The van der Waals surface area contributed by atoms with E-state index in [0.717, 1.165) is 30.7 Å². The summed E-state index contributed by atoms with van der Waals surface area (Å²) in [7, 11) is 1.87. The number of hydrogen-bond acceptors (Lipinski definition) is 6. The number of thioether (sulfide) groups is 1. The maximum Gasteiger partial charge on any atom is 0.235 e. The highest BCUT2D eigenvalue weighted by molar-refractivity contribution is 7.99. The fourth-order valence-corrected chi connectivity index (χ4v) is 4.43. The van der Waals surface area contributed by atoms with Crippen molar-refractivity contribution >= 4 is 34.0 Å². The van der Waals surface area contributed by atoms with Gasteiger partial charge in [0.15, 0.2) is 5.16 Å². The molecule has 0 radical (unpaired) electrons. The number of thiophene rings is 1. The first kappa shape index (κ1) is 15.1. The minimum Gasteiger partial charge on any atom is -0.316 e. The quantitative estimate of drug-likeness (QED) is 0.868. The summed E-state index contributed by atoms with van der Waals surface area (Å²) in [4.78, 5) is 13.3. The molecule has 0 fully saturated rings. The van der Waals surface area contributed by atoms with Crippen LogP contribution < -0.4 is 5.32 Å². The minimum absolute atomic E-state index is 0.123. The van der Waals surface area contributed by atoms with Crippen molar-refractivity contribution in [2.24, 2.45) is 7.05 Å². The molecule has 1 N–H and O–H groups in total. The molecule has 6 nitrogen and oxygen atoms in total. The van der Waals surface area contributed by atoms with Crippen LogP contribution in [0.4, 0.5) is 5.00 Å². The van der Waals surface area contributed by atoms with E-state index in [4.69, 9.17) is 0 Å². The Hall–Kier alpha value is -1.85. The average Bonchev–Trinajstić information content (AvgIpc) is 3.14. The number of nitriles is 1. The third-order valence-corrected chi connectivity index (χ3v) is 5.90. The van der Waals surface area contributed by atoms with Crippen LogP contribution in [0.15, 0.2) is 5.16 Å². The van der Waals surface area contributed by atoms with E-state index in [2.05, 4.69) is 21.6 Å². The average molecular weight is 333 g/mol. The summed E-state index contributed by atoms with van der Waals surface area (Å²) >= 11 is 2.87. The van der Waals surface area contributed by atoms with Gasteiger partial charge in [0.1, 0.15) is 16.9 Å². The van der Waals surface area contributed by atoms with E-state index in [1.165, 1.54) is 28.0 Å². The number of anilines is 1. The molecule has 0 atom stereocenters. The van der Waals surface area contributed by atoms with E-state index in [0.29, 0.717) is 15.7 Å². The normalized spacial score (nSPS) is 13.0. The summed E-state index contributed by atoms with van der Waals surface area (Å²) in [6.45, 7) is 1.86. The van der Waals surface area contributed by atoms with Crippen molar-refractivity contribution in [3.63, 3.8) is 0 Å². The van der Waals surface area contributed by atoms with Gasteiger partial charge in [0.25, 0.3) is 0 Å².